The van der Waals surface area contributed by atoms with Crippen molar-refractivity contribution in [3.05, 3.63) is 65.7 Å². The number of esters is 1. The number of aryl methyl sites for hydroxylation is 1. The molecule has 1 aliphatic heterocycles. The molecule has 1 fully saturated rings. The summed E-state index contributed by atoms with van der Waals surface area (Å²) in [6.45, 7) is -0.304. The van der Waals surface area contributed by atoms with E-state index in [4.69, 9.17) is 14.2 Å². The van der Waals surface area contributed by atoms with Crippen LogP contribution in [0, 0.1) is 0 Å². The highest BCUT2D eigenvalue weighted by Gasteiger charge is 2.47. The van der Waals surface area contributed by atoms with E-state index in [1.165, 1.54) is 0 Å². The fourth-order valence-corrected chi connectivity index (χ4v) is 2.97. The van der Waals surface area contributed by atoms with E-state index in [0.717, 1.165) is 5.56 Å². The molecule has 1 heterocycles. The minimum atomic E-state index is -1.65. The van der Waals surface area contributed by atoms with Gasteiger partial charge in [-0.25, -0.2) is 0 Å². The summed E-state index contributed by atoms with van der Waals surface area (Å²) in [5, 5.41) is 39.8. The lowest BCUT2D eigenvalue weighted by Crippen LogP contribution is -2.60. The summed E-state index contributed by atoms with van der Waals surface area (Å²) in [5.74, 6) is -0.396. The van der Waals surface area contributed by atoms with E-state index in [1.807, 2.05) is 30.3 Å². The lowest BCUT2D eigenvalue weighted by molar-refractivity contribution is -0.324. The first-order chi connectivity index (χ1) is 14.0. The number of aliphatic hydroxyl groups excluding tert-OH is 4. The fraction of sp³-hybridized carbons (Fsp3) is 0.381. The van der Waals surface area contributed by atoms with Crippen molar-refractivity contribution in [2.75, 3.05) is 0 Å². The van der Waals surface area contributed by atoms with Crippen LogP contribution in [0.3, 0.4) is 0 Å². The molecule has 29 heavy (non-hydrogen) atoms. The molecule has 1 saturated heterocycles. The second kappa shape index (κ2) is 9.82. The highest BCUT2D eigenvalue weighted by atomic mass is 16.8. The first-order valence-corrected chi connectivity index (χ1v) is 9.28. The third-order valence-electron chi connectivity index (χ3n) is 4.62. The van der Waals surface area contributed by atoms with Gasteiger partial charge in [-0.1, -0.05) is 48.5 Å². The van der Waals surface area contributed by atoms with Crippen molar-refractivity contribution >= 4 is 5.97 Å². The van der Waals surface area contributed by atoms with Crippen molar-refractivity contribution in [2.24, 2.45) is 0 Å². The third-order valence-corrected chi connectivity index (χ3v) is 4.62. The molecule has 0 unspecified atom stereocenters. The van der Waals surface area contributed by atoms with Crippen molar-refractivity contribution in [1.82, 2.24) is 0 Å². The van der Waals surface area contributed by atoms with Gasteiger partial charge >= 0.3 is 5.97 Å². The van der Waals surface area contributed by atoms with Crippen molar-refractivity contribution < 1.29 is 39.4 Å². The van der Waals surface area contributed by atoms with E-state index in [9.17, 15) is 25.2 Å². The van der Waals surface area contributed by atoms with Crippen LogP contribution in [-0.4, -0.2) is 57.3 Å². The first kappa shape index (κ1) is 21.2. The number of rotatable bonds is 7. The molecule has 5 atom stereocenters. The predicted molar refractivity (Wildman–Crippen MR) is 101 cm³/mol. The largest absolute Gasteiger partial charge is 0.461 e. The molecule has 156 valence electrons. The third kappa shape index (κ3) is 5.31. The minimum absolute atomic E-state index is 0.0497. The molecule has 0 spiro atoms. The van der Waals surface area contributed by atoms with E-state index in [0.29, 0.717) is 12.0 Å². The predicted octanol–water partition coefficient (Wildman–Crippen LogP) is 0.499. The van der Waals surface area contributed by atoms with Gasteiger partial charge in [0.2, 0.25) is 12.6 Å². The van der Waals surface area contributed by atoms with Crippen molar-refractivity contribution in [3.63, 3.8) is 0 Å². The number of benzene rings is 2. The number of carbonyl (C=O) groups excluding carboxylic acids is 1. The van der Waals surface area contributed by atoms with E-state index in [1.54, 1.807) is 24.3 Å². The monoisotopic (exact) mass is 404 g/mol. The molecular formula is C21H24O8. The molecule has 2 aromatic carbocycles. The van der Waals surface area contributed by atoms with Crippen molar-refractivity contribution in [3.8, 4) is 5.75 Å². The molecule has 0 saturated carbocycles. The zero-order valence-electron chi connectivity index (χ0n) is 15.6. The Morgan fingerprint density at radius 2 is 1.55 bits per heavy atom. The zero-order chi connectivity index (χ0) is 20.8. The normalized spacial score (nSPS) is 26.7. The van der Waals surface area contributed by atoms with Gasteiger partial charge < -0.3 is 29.9 Å². The molecule has 0 aliphatic carbocycles. The second-order valence-electron chi connectivity index (χ2n) is 6.70. The fourth-order valence-electron chi connectivity index (χ4n) is 2.97. The van der Waals surface area contributed by atoms with Crippen LogP contribution >= 0.6 is 0 Å². The maximum atomic E-state index is 12.2. The Balaban J connectivity index is 1.63. The maximum absolute atomic E-state index is 12.2. The quantitative estimate of drug-likeness (QED) is 0.492. The van der Waals surface area contributed by atoms with Crippen molar-refractivity contribution in [2.45, 2.75) is 50.3 Å². The summed E-state index contributed by atoms with van der Waals surface area (Å²) in [6.07, 6.45) is -7.31. The number of ether oxygens (including phenoxy) is 3. The number of hydrogen-bond donors (Lipinski definition) is 4. The van der Waals surface area contributed by atoms with Crippen LogP contribution in [0.1, 0.15) is 17.5 Å². The van der Waals surface area contributed by atoms with Crippen LogP contribution < -0.4 is 4.74 Å². The standard InChI is InChI=1S/C21H24O8/c22-12-14-8-4-5-9-15(14)27-20-18(25)17(24)19(26)21(29-20)28-16(23)11-10-13-6-2-1-3-7-13/h1-9,17-22,24-26H,10-12H2/t17-,18-,19+,20-,21+/m1/s1. The Kier molecular flexibility index (Phi) is 7.18. The Labute approximate surface area is 167 Å². The van der Waals surface area contributed by atoms with Crippen LogP contribution in [0.4, 0.5) is 0 Å². The lowest BCUT2D eigenvalue weighted by Gasteiger charge is -2.39. The van der Waals surface area contributed by atoms with Gasteiger partial charge in [0.05, 0.1) is 6.61 Å². The van der Waals surface area contributed by atoms with Gasteiger partial charge in [-0.3, -0.25) is 9.53 Å². The van der Waals surface area contributed by atoms with Gasteiger partial charge in [0, 0.05) is 12.0 Å². The zero-order valence-corrected chi connectivity index (χ0v) is 15.6. The summed E-state index contributed by atoms with van der Waals surface area (Å²) in [6, 6.07) is 15.9. The molecule has 8 heteroatoms. The Morgan fingerprint density at radius 3 is 2.28 bits per heavy atom. The smallest absolute Gasteiger partial charge is 0.308 e. The van der Waals surface area contributed by atoms with Gasteiger partial charge in [0.25, 0.3) is 0 Å². The SMILES string of the molecule is O=C(CCc1ccccc1)O[C@H]1O[C@@H](Oc2ccccc2CO)[C@H](O)[C@@H](O)[C@@H]1O. The minimum Gasteiger partial charge on any atom is -0.461 e. The molecule has 1 aliphatic rings. The number of hydrogen-bond acceptors (Lipinski definition) is 8. The summed E-state index contributed by atoms with van der Waals surface area (Å²) < 4.78 is 16.1. The Bertz CT molecular complexity index is 796. The molecule has 0 amide bonds. The summed E-state index contributed by atoms with van der Waals surface area (Å²) in [4.78, 5) is 12.2. The van der Waals surface area contributed by atoms with E-state index < -0.39 is 36.9 Å². The highest BCUT2D eigenvalue weighted by molar-refractivity contribution is 5.69. The van der Waals surface area contributed by atoms with Gasteiger partial charge in [-0.2, -0.15) is 0 Å². The number of carbonyl (C=O) groups is 1. The number of aliphatic hydroxyl groups is 4. The van der Waals surface area contributed by atoms with Gasteiger partial charge in [-0.05, 0) is 18.1 Å². The molecule has 0 aromatic heterocycles. The Morgan fingerprint density at radius 1 is 0.897 bits per heavy atom. The summed E-state index contributed by atoms with van der Waals surface area (Å²) in [7, 11) is 0. The molecule has 3 rings (SSSR count). The van der Waals surface area contributed by atoms with E-state index in [-0.39, 0.29) is 18.8 Å². The van der Waals surface area contributed by atoms with E-state index >= 15 is 0 Å². The molecule has 4 N–H and O–H groups in total. The number of para-hydroxylation sites is 1. The van der Waals surface area contributed by atoms with Crippen LogP contribution in [0.15, 0.2) is 54.6 Å². The first-order valence-electron chi connectivity index (χ1n) is 9.28. The van der Waals surface area contributed by atoms with Gasteiger partial charge in [-0.15, -0.1) is 0 Å². The lowest BCUT2D eigenvalue weighted by atomic mass is 10.0. The molecular weight excluding hydrogens is 380 g/mol. The second-order valence-corrected chi connectivity index (χ2v) is 6.70. The highest BCUT2D eigenvalue weighted by Crippen LogP contribution is 2.27. The van der Waals surface area contributed by atoms with Crippen LogP contribution in [0.5, 0.6) is 5.75 Å². The molecule has 2 aromatic rings. The summed E-state index contributed by atoms with van der Waals surface area (Å²) >= 11 is 0. The van der Waals surface area contributed by atoms with E-state index in [2.05, 4.69) is 0 Å². The average molecular weight is 404 g/mol. The topological polar surface area (TPSA) is 126 Å². The maximum Gasteiger partial charge on any atom is 0.308 e. The van der Waals surface area contributed by atoms with Gasteiger partial charge in [0.15, 0.2) is 0 Å². The van der Waals surface area contributed by atoms with Crippen molar-refractivity contribution in [1.29, 1.82) is 0 Å². The van der Waals surface area contributed by atoms with Crippen LogP contribution in [0.25, 0.3) is 0 Å². The van der Waals surface area contributed by atoms with Crippen LogP contribution in [-0.2, 0) is 27.3 Å². The average Bonchev–Trinajstić information content (AvgIpc) is 2.75. The summed E-state index contributed by atoms with van der Waals surface area (Å²) in [5.41, 5.74) is 1.40. The Hall–Kier alpha value is -2.49. The molecule has 0 radical (unpaired) electrons. The van der Waals surface area contributed by atoms with Crippen LogP contribution in [0.2, 0.25) is 0 Å². The molecule has 8 nitrogen and oxygen atoms in total. The van der Waals surface area contributed by atoms with Gasteiger partial charge in [0.1, 0.15) is 24.1 Å². The molecule has 0 bridgehead atoms.